The average molecular weight is 287 g/mol. The third-order valence-electron chi connectivity index (χ3n) is 3.38. The largest absolute Gasteiger partial charge is 0.444 e. The highest BCUT2D eigenvalue weighted by Gasteiger charge is 2.17. The third kappa shape index (κ3) is 4.08. The van der Waals surface area contributed by atoms with Gasteiger partial charge in [-0.05, 0) is 37.5 Å². The number of hydrogen-bond acceptors (Lipinski definition) is 4. The molecule has 0 aliphatic rings. The fourth-order valence-electron chi connectivity index (χ4n) is 2.15. The lowest BCUT2D eigenvalue weighted by Crippen LogP contribution is -2.27. The Morgan fingerprint density at radius 2 is 2.00 bits per heavy atom. The first-order valence-electron chi connectivity index (χ1n) is 7.03. The van der Waals surface area contributed by atoms with Crippen LogP contribution in [0, 0.1) is 6.92 Å². The Kier molecular flexibility index (Phi) is 4.62. The molecule has 0 bridgehead atoms. The van der Waals surface area contributed by atoms with Crippen LogP contribution in [-0.2, 0) is 4.79 Å². The predicted molar refractivity (Wildman–Crippen MR) is 81.7 cm³/mol. The van der Waals surface area contributed by atoms with Crippen molar-refractivity contribution in [2.24, 2.45) is 0 Å². The maximum absolute atomic E-state index is 12.1. The van der Waals surface area contributed by atoms with Crippen molar-refractivity contribution in [3.63, 3.8) is 0 Å². The molecule has 0 saturated carbocycles. The Balaban J connectivity index is 1.90. The van der Waals surface area contributed by atoms with Crippen LogP contribution >= 0.6 is 0 Å². The van der Waals surface area contributed by atoms with E-state index in [0.29, 0.717) is 12.3 Å². The van der Waals surface area contributed by atoms with E-state index in [2.05, 4.69) is 10.3 Å². The molecule has 0 saturated heterocycles. The molecule has 2 aromatic rings. The Bertz CT molecular complexity index is 604. The molecule has 0 radical (unpaired) electrons. The normalized spacial score (nSPS) is 13.7. The molecular formula is C16H21N3O2. The van der Waals surface area contributed by atoms with Gasteiger partial charge in [0.1, 0.15) is 11.8 Å². The quantitative estimate of drug-likeness (QED) is 0.828. The second-order valence-electron chi connectivity index (χ2n) is 5.37. The second kappa shape index (κ2) is 6.43. The van der Waals surface area contributed by atoms with Crippen molar-refractivity contribution in [1.29, 1.82) is 0 Å². The second-order valence-corrected chi connectivity index (χ2v) is 5.37. The first kappa shape index (κ1) is 15.1. The minimum Gasteiger partial charge on any atom is -0.444 e. The number of nitrogens with zero attached hydrogens (tertiary/aromatic N) is 1. The van der Waals surface area contributed by atoms with Gasteiger partial charge in [0.15, 0.2) is 0 Å². The number of nitrogens with one attached hydrogen (secondary N) is 1. The highest BCUT2D eigenvalue weighted by molar-refractivity contribution is 5.77. The SMILES string of the molecule is Cc1cnc(C(C)NC(=O)CC(C)c2ccc(N)cc2)o1. The van der Waals surface area contributed by atoms with E-state index in [4.69, 9.17) is 10.2 Å². The van der Waals surface area contributed by atoms with Gasteiger partial charge in [-0.3, -0.25) is 4.79 Å². The molecule has 2 rings (SSSR count). The van der Waals surface area contributed by atoms with Crippen LogP contribution in [0.4, 0.5) is 5.69 Å². The van der Waals surface area contributed by atoms with Crippen molar-refractivity contribution >= 4 is 11.6 Å². The predicted octanol–water partition coefficient (Wildman–Crippen LogP) is 2.94. The summed E-state index contributed by atoms with van der Waals surface area (Å²) in [5, 5.41) is 2.90. The van der Waals surface area contributed by atoms with E-state index in [9.17, 15) is 4.79 Å². The van der Waals surface area contributed by atoms with Gasteiger partial charge in [0.2, 0.25) is 11.8 Å². The Morgan fingerprint density at radius 3 is 2.57 bits per heavy atom. The Morgan fingerprint density at radius 1 is 1.33 bits per heavy atom. The standard InChI is InChI=1S/C16H21N3O2/c1-10(13-4-6-14(17)7-5-13)8-15(20)19-12(3)16-18-9-11(2)21-16/h4-7,9-10,12H,8,17H2,1-3H3,(H,19,20). The highest BCUT2D eigenvalue weighted by Crippen LogP contribution is 2.21. The van der Waals surface area contributed by atoms with Gasteiger partial charge in [-0.2, -0.15) is 0 Å². The molecule has 2 atom stereocenters. The highest BCUT2D eigenvalue weighted by atomic mass is 16.4. The summed E-state index contributed by atoms with van der Waals surface area (Å²) in [6, 6.07) is 7.37. The van der Waals surface area contributed by atoms with E-state index in [-0.39, 0.29) is 17.9 Å². The molecule has 112 valence electrons. The van der Waals surface area contributed by atoms with Crippen molar-refractivity contribution in [1.82, 2.24) is 10.3 Å². The molecule has 1 amide bonds. The van der Waals surface area contributed by atoms with Gasteiger partial charge < -0.3 is 15.5 Å². The van der Waals surface area contributed by atoms with Crippen LogP contribution in [0.1, 0.15) is 49.4 Å². The maximum Gasteiger partial charge on any atom is 0.221 e. The molecule has 5 heteroatoms. The number of carbonyl (C=O) groups excluding carboxylic acids is 1. The number of hydrogen-bond donors (Lipinski definition) is 2. The lowest BCUT2D eigenvalue weighted by molar-refractivity contribution is -0.122. The van der Waals surface area contributed by atoms with E-state index in [1.54, 1.807) is 6.20 Å². The fraction of sp³-hybridized carbons (Fsp3) is 0.375. The van der Waals surface area contributed by atoms with Gasteiger partial charge in [-0.25, -0.2) is 4.98 Å². The molecule has 21 heavy (non-hydrogen) atoms. The Hall–Kier alpha value is -2.30. The van der Waals surface area contributed by atoms with Crippen molar-refractivity contribution in [3.05, 3.63) is 47.7 Å². The number of nitrogen functional groups attached to an aromatic ring is 1. The summed E-state index contributed by atoms with van der Waals surface area (Å²) < 4.78 is 5.41. The summed E-state index contributed by atoms with van der Waals surface area (Å²) in [4.78, 5) is 16.2. The molecular weight excluding hydrogens is 266 g/mol. The molecule has 0 spiro atoms. The van der Waals surface area contributed by atoms with Crippen LogP contribution in [0.15, 0.2) is 34.9 Å². The number of amides is 1. The molecule has 0 aliphatic heterocycles. The minimum atomic E-state index is -0.232. The summed E-state index contributed by atoms with van der Waals surface area (Å²) in [5.41, 5.74) is 7.49. The Labute approximate surface area is 124 Å². The molecule has 1 aromatic heterocycles. The third-order valence-corrected chi connectivity index (χ3v) is 3.38. The van der Waals surface area contributed by atoms with Gasteiger partial charge in [0.25, 0.3) is 0 Å². The first-order chi connectivity index (χ1) is 9.95. The minimum absolute atomic E-state index is 0.0253. The van der Waals surface area contributed by atoms with Gasteiger partial charge in [0.05, 0.1) is 6.20 Å². The van der Waals surface area contributed by atoms with Gasteiger partial charge in [-0.15, -0.1) is 0 Å². The van der Waals surface area contributed by atoms with Crippen LogP contribution in [0.5, 0.6) is 0 Å². The fourth-order valence-corrected chi connectivity index (χ4v) is 2.15. The van der Waals surface area contributed by atoms with Crippen molar-refractivity contribution in [2.75, 3.05) is 5.73 Å². The molecule has 5 nitrogen and oxygen atoms in total. The van der Waals surface area contributed by atoms with Crippen LogP contribution in [-0.4, -0.2) is 10.9 Å². The number of carbonyl (C=O) groups is 1. The first-order valence-corrected chi connectivity index (χ1v) is 7.03. The van der Waals surface area contributed by atoms with Crippen LogP contribution < -0.4 is 11.1 Å². The monoisotopic (exact) mass is 287 g/mol. The van der Waals surface area contributed by atoms with Crippen LogP contribution in [0.3, 0.4) is 0 Å². The molecule has 2 unspecified atom stereocenters. The van der Waals surface area contributed by atoms with E-state index in [0.717, 1.165) is 17.0 Å². The lowest BCUT2D eigenvalue weighted by Gasteiger charge is -2.14. The van der Waals surface area contributed by atoms with Crippen molar-refractivity contribution < 1.29 is 9.21 Å². The zero-order valence-corrected chi connectivity index (χ0v) is 12.6. The summed E-state index contributed by atoms with van der Waals surface area (Å²) in [5.74, 6) is 1.37. The summed E-state index contributed by atoms with van der Waals surface area (Å²) >= 11 is 0. The molecule has 0 fully saturated rings. The number of rotatable bonds is 5. The van der Waals surface area contributed by atoms with Gasteiger partial charge in [0, 0.05) is 12.1 Å². The van der Waals surface area contributed by atoms with Crippen molar-refractivity contribution in [2.45, 2.75) is 39.2 Å². The molecule has 1 heterocycles. The number of anilines is 1. The molecule has 0 aliphatic carbocycles. The van der Waals surface area contributed by atoms with Crippen LogP contribution in [0.25, 0.3) is 0 Å². The van der Waals surface area contributed by atoms with E-state index < -0.39 is 0 Å². The van der Waals surface area contributed by atoms with Gasteiger partial charge >= 0.3 is 0 Å². The number of nitrogens with two attached hydrogens (primary N) is 1. The summed E-state index contributed by atoms with van der Waals surface area (Å²) in [7, 11) is 0. The number of benzene rings is 1. The maximum atomic E-state index is 12.1. The molecule has 3 N–H and O–H groups in total. The van der Waals surface area contributed by atoms with Crippen LogP contribution in [0.2, 0.25) is 0 Å². The van der Waals surface area contributed by atoms with E-state index in [1.165, 1.54) is 0 Å². The zero-order valence-electron chi connectivity index (χ0n) is 12.6. The topological polar surface area (TPSA) is 81.2 Å². The summed E-state index contributed by atoms with van der Waals surface area (Å²) in [6.07, 6.45) is 2.06. The van der Waals surface area contributed by atoms with Crippen molar-refractivity contribution in [3.8, 4) is 0 Å². The number of oxazole rings is 1. The number of aryl methyl sites for hydroxylation is 1. The average Bonchev–Trinajstić information content (AvgIpc) is 2.86. The molecule has 1 aromatic carbocycles. The summed E-state index contributed by atoms with van der Waals surface area (Å²) in [6.45, 7) is 5.70. The van der Waals surface area contributed by atoms with E-state index in [1.807, 2.05) is 45.0 Å². The van der Waals surface area contributed by atoms with Gasteiger partial charge in [-0.1, -0.05) is 19.1 Å². The lowest BCUT2D eigenvalue weighted by atomic mass is 9.97. The zero-order chi connectivity index (χ0) is 15.4. The van der Waals surface area contributed by atoms with E-state index >= 15 is 0 Å². The number of aromatic nitrogens is 1. The smallest absolute Gasteiger partial charge is 0.221 e.